The molecule has 0 heterocycles. The van der Waals surface area contributed by atoms with Crippen molar-refractivity contribution in [3.8, 4) is 16.9 Å². The van der Waals surface area contributed by atoms with Crippen LogP contribution in [0.3, 0.4) is 0 Å². The van der Waals surface area contributed by atoms with Crippen LogP contribution < -0.4 is 4.74 Å². The van der Waals surface area contributed by atoms with Gasteiger partial charge in [-0.25, -0.2) is 4.39 Å². The first-order valence-corrected chi connectivity index (χ1v) is 5.88. The van der Waals surface area contributed by atoms with Crippen LogP contribution >= 0.6 is 22.6 Å². The monoisotopic (exact) mass is 328 g/mol. The number of ether oxygens (including phenoxy) is 1. The van der Waals surface area contributed by atoms with Gasteiger partial charge in [-0.1, -0.05) is 18.2 Å². The molecule has 0 radical (unpaired) electrons. The Balaban J connectivity index is 2.62. The Morgan fingerprint density at radius 2 is 1.81 bits per heavy atom. The van der Waals surface area contributed by atoms with E-state index in [2.05, 4.69) is 22.6 Å². The number of halogens is 2. The molecule has 0 fully saturated rings. The number of benzene rings is 2. The lowest BCUT2D eigenvalue weighted by Crippen LogP contribution is -1.90. The van der Waals surface area contributed by atoms with Crippen LogP contribution in [-0.4, -0.2) is 7.11 Å². The standard InChI is InChI=1S/C13H10FIO/c1-16-13-5-3-2-4-10(13)11-8-9(14)6-7-12(11)15/h2-8H,1H3. The number of para-hydroxylation sites is 1. The van der Waals surface area contributed by atoms with Crippen LogP contribution in [0.15, 0.2) is 42.5 Å². The van der Waals surface area contributed by atoms with Gasteiger partial charge in [0.2, 0.25) is 0 Å². The van der Waals surface area contributed by atoms with Gasteiger partial charge in [-0.3, -0.25) is 0 Å². The van der Waals surface area contributed by atoms with E-state index in [1.54, 1.807) is 13.2 Å². The summed E-state index contributed by atoms with van der Waals surface area (Å²) in [6, 6.07) is 12.4. The van der Waals surface area contributed by atoms with Crippen LogP contribution in [0.2, 0.25) is 0 Å². The van der Waals surface area contributed by atoms with Gasteiger partial charge in [0.05, 0.1) is 7.11 Å². The average molecular weight is 328 g/mol. The first-order valence-electron chi connectivity index (χ1n) is 4.81. The Bertz CT molecular complexity index is 511. The molecule has 0 aliphatic rings. The summed E-state index contributed by atoms with van der Waals surface area (Å²) < 4.78 is 19.5. The van der Waals surface area contributed by atoms with E-state index in [1.165, 1.54) is 12.1 Å². The van der Waals surface area contributed by atoms with Crippen molar-refractivity contribution in [1.29, 1.82) is 0 Å². The first kappa shape index (κ1) is 11.4. The molecule has 0 saturated heterocycles. The van der Waals surface area contributed by atoms with Crippen LogP contribution in [-0.2, 0) is 0 Å². The lowest BCUT2D eigenvalue weighted by atomic mass is 10.0. The Morgan fingerprint density at radius 3 is 2.56 bits per heavy atom. The summed E-state index contributed by atoms with van der Waals surface area (Å²) in [5, 5.41) is 0. The van der Waals surface area contributed by atoms with Gasteiger partial charge in [0, 0.05) is 14.7 Å². The highest BCUT2D eigenvalue weighted by Gasteiger charge is 2.09. The molecular weight excluding hydrogens is 318 g/mol. The third kappa shape index (κ3) is 2.19. The van der Waals surface area contributed by atoms with Gasteiger partial charge in [0.15, 0.2) is 0 Å². The molecule has 16 heavy (non-hydrogen) atoms. The molecule has 82 valence electrons. The number of hydrogen-bond acceptors (Lipinski definition) is 1. The van der Waals surface area contributed by atoms with Gasteiger partial charge in [0.25, 0.3) is 0 Å². The second-order valence-corrected chi connectivity index (χ2v) is 4.49. The minimum absolute atomic E-state index is 0.235. The van der Waals surface area contributed by atoms with Gasteiger partial charge >= 0.3 is 0 Å². The maximum Gasteiger partial charge on any atom is 0.126 e. The highest BCUT2D eigenvalue weighted by molar-refractivity contribution is 14.1. The zero-order valence-electron chi connectivity index (χ0n) is 8.71. The highest BCUT2D eigenvalue weighted by atomic mass is 127. The summed E-state index contributed by atoms with van der Waals surface area (Å²) in [7, 11) is 1.62. The average Bonchev–Trinajstić information content (AvgIpc) is 2.32. The van der Waals surface area contributed by atoms with E-state index < -0.39 is 0 Å². The zero-order chi connectivity index (χ0) is 11.5. The smallest absolute Gasteiger partial charge is 0.126 e. The molecule has 0 amide bonds. The predicted molar refractivity (Wildman–Crippen MR) is 71.1 cm³/mol. The lowest BCUT2D eigenvalue weighted by molar-refractivity contribution is 0.416. The Morgan fingerprint density at radius 1 is 1.06 bits per heavy atom. The first-order chi connectivity index (χ1) is 7.72. The van der Waals surface area contributed by atoms with E-state index in [1.807, 2.05) is 24.3 Å². The second kappa shape index (κ2) is 4.82. The summed E-state index contributed by atoms with van der Waals surface area (Å²) in [6.45, 7) is 0. The fourth-order valence-corrected chi connectivity index (χ4v) is 2.20. The van der Waals surface area contributed by atoms with Crippen molar-refractivity contribution >= 4 is 22.6 Å². The molecule has 0 unspecified atom stereocenters. The van der Waals surface area contributed by atoms with E-state index in [4.69, 9.17) is 4.74 Å². The molecule has 1 nitrogen and oxygen atoms in total. The van der Waals surface area contributed by atoms with E-state index in [-0.39, 0.29) is 5.82 Å². The highest BCUT2D eigenvalue weighted by Crippen LogP contribution is 2.33. The number of hydrogen-bond donors (Lipinski definition) is 0. The molecule has 0 atom stereocenters. The largest absolute Gasteiger partial charge is 0.496 e. The molecule has 0 bridgehead atoms. The molecule has 0 aromatic heterocycles. The summed E-state index contributed by atoms with van der Waals surface area (Å²) >= 11 is 2.19. The van der Waals surface area contributed by atoms with Gasteiger partial charge < -0.3 is 4.74 Å². The fourth-order valence-electron chi connectivity index (χ4n) is 1.57. The lowest BCUT2D eigenvalue weighted by Gasteiger charge is -2.09. The second-order valence-electron chi connectivity index (χ2n) is 3.32. The molecular formula is C13H10FIO. The summed E-state index contributed by atoms with van der Waals surface area (Å²) in [4.78, 5) is 0. The van der Waals surface area contributed by atoms with Crippen molar-refractivity contribution in [3.63, 3.8) is 0 Å². The Hall–Kier alpha value is -1.10. The molecule has 0 aliphatic heterocycles. The Kier molecular flexibility index (Phi) is 3.43. The van der Waals surface area contributed by atoms with Gasteiger partial charge in [-0.15, -0.1) is 0 Å². The molecule has 0 saturated carbocycles. The summed E-state index contributed by atoms with van der Waals surface area (Å²) in [5.74, 6) is 0.521. The van der Waals surface area contributed by atoms with Crippen molar-refractivity contribution < 1.29 is 9.13 Å². The molecule has 2 rings (SSSR count). The molecule has 0 N–H and O–H groups in total. The molecule has 0 spiro atoms. The Labute approximate surface area is 107 Å². The van der Waals surface area contributed by atoms with Crippen molar-refractivity contribution in [3.05, 3.63) is 51.9 Å². The minimum atomic E-state index is -0.235. The third-order valence-corrected chi connectivity index (χ3v) is 3.27. The quantitative estimate of drug-likeness (QED) is 0.754. The van der Waals surface area contributed by atoms with Crippen LogP contribution in [0.5, 0.6) is 5.75 Å². The van der Waals surface area contributed by atoms with Gasteiger partial charge in [0.1, 0.15) is 11.6 Å². The van der Waals surface area contributed by atoms with Crippen molar-refractivity contribution in [2.24, 2.45) is 0 Å². The molecule has 3 heteroatoms. The molecule has 2 aromatic rings. The topological polar surface area (TPSA) is 9.23 Å². The van der Waals surface area contributed by atoms with Crippen LogP contribution in [0.1, 0.15) is 0 Å². The minimum Gasteiger partial charge on any atom is -0.496 e. The van der Waals surface area contributed by atoms with Crippen molar-refractivity contribution in [2.75, 3.05) is 7.11 Å². The zero-order valence-corrected chi connectivity index (χ0v) is 10.9. The van der Waals surface area contributed by atoms with Gasteiger partial charge in [-0.2, -0.15) is 0 Å². The van der Waals surface area contributed by atoms with E-state index >= 15 is 0 Å². The van der Waals surface area contributed by atoms with Crippen LogP contribution in [0.25, 0.3) is 11.1 Å². The number of rotatable bonds is 2. The molecule has 0 aliphatic carbocycles. The van der Waals surface area contributed by atoms with Crippen molar-refractivity contribution in [1.82, 2.24) is 0 Å². The SMILES string of the molecule is COc1ccccc1-c1cc(F)ccc1I. The van der Waals surface area contributed by atoms with Crippen molar-refractivity contribution in [2.45, 2.75) is 0 Å². The van der Waals surface area contributed by atoms with E-state index in [0.717, 1.165) is 20.4 Å². The third-order valence-electron chi connectivity index (χ3n) is 2.33. The van der Waals surface area contributed by atoms with Crippen LogP contribution in [0, 0.1) is 9.39 Å². The summed E-state index contributed by atoms with van der Waals surface area (Å²) in [6.07, 6.45) is 0. The number of methoxy groups -OCH3 is 1. The van der Waals surface area contributed by atoms with E-state index in [9.17, 15) is 4.39 Å². The molecule has 2 aromatic carbocycles. The van der Waals surface area contributed by atoms with Gasteiger partial charge in [-0.05, 0) is 46.9 Å². The fraction of sp³-hybridized carbons (Fsp3) is 0.0769. The predicted octanol–water partition coefficient (Wildman–Crippen LogP) is 4.11. The maximum atomic E-state index is 13.2. The normalized spacial score (nSPS) is 10.2. The summed E-state index contributed by atoms with van der Waals surface area (Å²) in [5.41, 5.74) is 1.77. The van der Waals surface area contributed by atoms with E-state index in [0.29, 0.717) is 0 Å². The maximum absolute atomic E-state index is 13.2. The van der Waals surface area contributed by atoms with Crippen LogP contribution in [0.4, 0.5) is 4.39 Å².